The Hall–Kier alpha value is -0.160. The van der Waals surface area contributed by atoms with Gasteiger partial charge in [0.05, 0.1) is 0 Å². The summed E-state index contributed by atoms with van der Waals surface area (Å²) in [5.74, 6) is -0.977. The van der Waals surface area contributed by atoms with Crippen LogP contribution in [0.1, 0.15) is 0 Å². The van der Waals surface area contributed by atoms with Gasteiger partial charge in [-0.05, 0) is 0 Å². The average Bonchev–Trinajstić information content (AvgIpc) is 2.24. The number of thiophene rings is 1. The third-order valence-corrected chi connectivity index (χ3v) is 3.21. The van der Waals surface area contributed by atoms with Gasteiger partial charge in [0.15, 0.2) is 12.4 Å². The molecule has 0 radical (unpaired) electrons. The molecule has 7 heteroatoms. The van der Waals surface area contributed by atoms with Crippen molar-refractivity contribution in [3.8, 4) is 5.75 Å². The first-order valence-corrected chi connectivity index (χ1v) is 4.95. The SMILES string of the molecule is O=C(O)COc1c(Cl)sc(Cl)c1Cl. The van der Waals surface area contributed by atoms with Crippen LogP contribution in [0.2, 0.25) is 13.7 Å². The predicted octanol–water partition coefficient (Wildman–Crippen LogP) is 3.17. The van der Waals surface area contributed by atoms with Gasteiger partial charge in [-0.1, -0.05) is 34.8 Å². The summed E-state index contributed by atoms with van der Waals surface area (Å²) in [4.78, 5) is 10.2. The number of hydrogen-bond donors (Lipinski definition) is 1. The van der Waals surface area contributed by atoms with Crippen LogP contribution < -0.4 is 4.74 Å². The van der Waals surface area contributed by atoms with Crippen molar-refractivity contribution in [1.29, 1.82) is 0 Å². The molecule has 0 atom stereocenters. The lowest BCUT2D eigenvalue weighted by Gasteiger charge is -2.00. The summed E-state index contributed by atoms with van der Waals surface area (Å²) in [5, 5.41) is 8.47. The third kappa shape index (κ3) is 2.64. The standard InChI is InChI=1S/C6H3Cl3O3S/c7-3-4(12-1-2(10)11)6(9)13-5(3)8/h1H2,(H,10,11). The first-order chi connectivity index (χ1) is 6.02. The lowest BCUT2D eigenvalue weighted by molar-refractivity contribution is -0.139. The summed E-state index contributed by atoms with van der Waals surface area (Å²) < 4.78 is 5.34. The zero-order valence-electron chi connectivity index (χ0n) is 6.01. The van der Waals surface area contributed by atoms with Crippen molar-refractivity contribution in [2.24, 2.45) is 0 Å². The minimum atomic E-state index is -1.10. The van der Waals surface area contributed by atoms with Crippen molar-refractivity contribution in [1.82, 2.24) is 0 Å². The summed E-state index contributed by atoms with van der Waals surface area (Å²) in [7, 11) is 0. The molecule has 0 aromatic carbocycles. The molecule has 0 aliphatic carbocycles. The van der Waals surface area contributed by atoms with Crippen molar-refractivity contribution in [2.75, 3.05) is 6.61 Å². The fourth-order valence-corrected chi connectivity index (χ4v) is 2.38. The van der Waals surface area contributed by atoms with Gasteiger partial charge in [0, 0.05) is 0 Å². The van der Waals surface area contributed by atoms with Gasteiger partial charge in [0.2, 0.25) is 0 Å². The lowest BCUT2D eigenvalue weighted by atomic mass is 10.6. The minimum Gasteiger partial charge on any atom is -0.479 e. The molecule has 0 saturated heterocycles. The molecule has 0 aliphatic heterocycles. The van der Waals surface area contributed by atoms with E-state index in [4.69, 9.17) is 44.6 Å². The van der Waals surface area contributed by atoms with E-state index in [1.165, 1.54) is 0 Å². The number of carboxylic acid groups (broad SMARTS) is 1. The van der Waals surface area contributed by atoms with Crippen LogP contribution in [0.5, 0.6) is 5.75 Å². The molecule has 1 N–H and O–H groups in total. The molecule has 1 rings (SSSR count). The molecule has 0 aliphatic rings. The lowest BCUT2D eigenvalue weighted by Crippen LogP contribution is -2.09. The van der Waals surface area contributed by atoms with Crippen LogP contribution >= 0.6 is 46.1 Å². The Balaban J connectivity index is 2.81. The second-order valence-corrected chi connectivity index (χ2v) is 4.58. The minimum absolute atomic E-state index is 0.126. The molecule has 0 unspecified atom stereocenters. The van der Waals surface area contributed by atoms with E-state index in [9.17, 15) is 4.79 Å². The van der Waals surface area contributed by atoms with E-state index in [2.05, 4.69) is 0 Å². The Bertz CT molecular complexity index is 336. The molecule has 0 spiro atoms. The van der Waals surface area contributed by atoms with Gasteiger partial charge in [-0.3, -0.25) is 0 Å². The molecule has 0 fully saturated rings. The zero-order chi connectivity index (χ0) is 10.0. The molecular weight excluding hydrogens is 258 g/mol. The van der Waals surface area contributed by atoms with Gasteiger partial charge in [-0.2, -0.15) is 0 Å². The highest BCUT2D eigenvalue weighted by atomic mass is 35.5. The zero-order valence-corrected chi connectivity index (χ0v) is 9.10. The molecule has 0 saturated carbocycles. The highest BCUT2D eigenvalue weighted by molar-refractivity contribution is 7.21. The topological polar surface area (TPSA) is 46.5 Å². The Morgan fingerprint density at radius 3 is 2.38 bits per heavy atom. The van der Waals surface area contributed by atoms with Crippen molar-refractivity contribution in [3.63, 3.8) is 0 Å². The van der Waals surface area contributed by atoms with Gasteiger partial charge in [-0.25, -0.2) is 4.79 Å². The Kier molecular flexibility index (Phi) is 3.67. The van der Waals surface area contributed by atoms with Gasteiger partial charge in [-0.15, -0.1) is 11.3 Å². The van der Waals surface area contributed by atoms with Crippen LogP contribution in [0.4, 0.5) is 0 Å². The smallest absolute Gasteiger partial charge is 0.341 e. The number of halogens is 3. The number of ether oxygens (including phenoxy) is 1. The molecule has 1 aromatic heterocycles. The molecule has 1 aromatic rings. The number of carboxylic acids is 1. The Morgan fingerprint density at radius 2 is 2.00 bits per heavy atom. The van der Waals surface area contributed by atoms with Crippen molar-refractivity contribution in [2.45, 2.75) is 0 Å². The quantitative estimate of drug-likeness (QED) is 0.909. The number of aliphatic carboxylic acids is 1. The van der Waals surface area contributed by atoms with Crippen LogP contribution in [0.15, 0.2) is 0 Å². The van der Waals surface area contributed by atoms with Crippen LogP contribution in [-0.2, 0) is 4.79 Å². The molecular formula is C6H3Cl3O3S. The molecule has 0 amide bonds. The predicted molar refractivity (Wildman–Crippen MR) is 52.5 cm³/mol. The fourth-order valence-electron chi connectivity index (χ4n) is 0.599. The van der Waals surface area contributed by atoms with E-state index in [1.54, 1.807) is 0 Å². The first-order valence-electron chi connectivity index (χ1n) is 3.00. The molecule has 13 heavy (non-hydrogen) atoms. The summed E-state index contributed by atoms with van der Waals surface area (Å²) in [6, 6.07) is 0. The van der Waals surface area contributed by atoms with Gasteiger partial charge < -0.3 is 9.84 Å². The summed E-state index contributed by atoms with van der Waals surface area (Å²) in [5.41, 5.74) is 0. The summed E-state index contributed by atoms with van der Waals surface area (Å²) >= 11 is 18.0. The van der Waals surface area contributed by atoms with Gasteiger partial charge in [0.25, 0.3) is 0 Å². The monoisotopic (exact) mass is 260 g/mol. The fraction of sp³-hybridized carbons (Fsp3) is 0.167. The maximum absolute atomic E-state index is 10.2. The van der Waals surface area contributed by atoms with Crippen molar-refractivity contribution < 1.29 is 14.6 Å². The molecule has 1 heterocycles. The van der Waals surface area contributed by atoms with E-state index in [0.717, 1.165) is 11.3 Å². The third-order valence-electron chi connectivity index (χ3n) is 1.07. The van der Waals surface area contributed by atoms with Crippen LogP contribution in [0.25, 0.3) is 0 Å². The molecule has 0 bridgehead atoms. The Labute approximate surface area is 92.8 Å². The van der Waals surface area contributed by atoms with E-state index < -0.39 is 12.6 Å². The first kappa shape index (κ1) is 10.9. The number of rotatable bonds is 3. The van der Waals surface area contributed by atoms with E-state index in [0.29, 0.717) is 0 Å². The van der Waals surface area contributed by atoms with Crippen molar-refractivity contribution >= 4 is 52.1 Å². The highest BCUT2D eigenvalue weighted by Crippen LogP contribution is 2.45. The second-order valence-electron chi connectivity index (χ2n) is 1.97. The van der Waals surface area contributed by atoms with Crippen LogP contribution in [-0.4, -0.2) is 17.7 Å². The van der Waals surface area contributed by atoms with Crippen LogP contribution in [0.3, 0.4) is 0 Å². The summed E-state index contributed by atoms with van der Waals surface area (Å²) in [6.07, 6.45) is 0. The second kappa shape index (κ2) is 4.37. The van der Waals surface area contributed by atoms with Crippen LogP contribution in [0, 0.1) is 0 Å². The number of carbonyl (C=O) groups is 1. The van der Waals surface area contributed by atoms with Gasteiger partial charge >= 0.3 is 5.97 Å². The number of hydrogen-bond acceptors (Lipinski definition) is 3. The summed E-state index contributed by atoms with van der Waals surface area (Å²) in [6.45, 7) is -0.494. The Morgan fingerprint density at radius 1 is 1.38 bits per heavy atom. The van der Waals surface area contributed by atoms with Crippen molar-refractivity contribution in [3.05, 3.63) is 13.7 Å². The van der Waals surface area contributed by atoms with E-state index in [1.807, 2.05) is 0 Å². The maximum Gasteiger partial charge on any atom is 0.341 e. The highest BCUT2D eigenvalue weighted by Gasteiger charge is 2.16. The largest absolute Gasteiger partial charge is 0.479 e. The molecule has 3 nitrogen and oxygen atoms in total. The van der Waals surface area contributed by atoms with E-state index in [-0.39, 0.29) is 19.4 Å². The van der Waals surface area contributed by atoms with Gasteiger partial charge in [0.1, 0.15) is 13.7 Å². The average molecular weight is 262 g/mol. The maximum atomic E-state index is 10.2. The normalized spacial score (nSPS) is 10.1. The van der Waals surface area contributed by atoms with E-state index >= 15 is 0 Å². The molecule has 72 valence electrons.